The number of ether oxygens (including phenoxy) is 2. The summed E-state index contributed by atoms with van der Waals surface area (Å²) < 4.78 is 13.1. The van der Waals surface area contributed by atoms with Crippen molar-refractivity contribution in [1.82, 2.24) is 9.88 Å². The van der Waals surface area contributed by atoms with Crippen molar-refractivity contribution in [2.24, 2.45) is 0 Å². The molecule has 2 aromatic carbocycles. The number of hydrogen-bond acceptors (Lipinski definition) is 4. The second-order valence-electron chi connectivity index (χ2n) is 6.80. The summed E-state index contributed by atoms with van der Waals surface area (Å²) in [4.78, 5) is 12.5. The molecule has 27 heavy (non-hydrogen) atoms. The lowest BCUT2D eigenvalue weighted by Gasteiger charge is -2.28. The van der Waals surface area contributed by atoms with Gasteiger partial charge >= 0.3 is 0 Å². The standard InChI is InChI=1S/C21H19N3O3/c1-12-9-16(20-22-17-6-4-3-5-15(17)21(25)23-20)13(2)24(12)14-7-8-18-19(10-14)27-11-26-18/h3-10,20,22H,11H2,1-2H3,(H,23,25). The van der Waals surface area contributed by atoms with E-state index < -0.39 is 0 Å². The van der Waals surface area contributed by atoms with Crippen LogP contribution in [0.3, 0.4) is 0 Å². The molecule has 0 fully saturated rings. The molecule has 0 saturated carbocycles. The Bertz CT molecular complexity index is 1070. The minimum atomic E-state index is -0.277. The highest BCUT2D eigenvalue weighted by Gasteiger charge is 2.27. The number of nitrogens with zero attached hydrogens (tertiary/aromatic N) is 1. The van der Waals surface area contributed by atoms with Crippen LogP contribution < -0.4 is 20.1 Å². The molecular formula is C21H19N3O3. The molecule has 0 aliphatic carbocycles. The summed E-state index contributed by atoms with van der Waals surface area (Å²) in [6.07, 6.45) is -0.277. The average Bonchev–Trinajstić information content (AvgIpc) is 3.25. The zero-order chi connectivity index (χ0) is 18.5. The third-order valence-electron chi connectivity index (χ3n) is 5.14. The van der Waals surface area contributed by atoms with Crippen molar-refractivity contribution >= 4 is 11.6 Å². The predicted octanol–water partition coefficient (Wildman–Crippen LogP) is 3.68. The largest absolute Gasteiger partial charge is 0.454 e. The molecule has 3 aromatic rings. The van der Waals surface area contributed by atoms with Crippen molar-refractivity contribution in [2.45, 2.75) is 20.0 Å². The zero-order valence-electron chi connectivity index (χ0n) is 15.1. The van der Waals surface area contributed by atoms with Gasteiger partial charge in [0.25, 0.3) is 5.91 Å². The number of benzene rings is 2. The van der Waals surface area contributed by atoms with Gasteiger partial charge in [-0.15, -0.1) is 0 Å². The number of fused-ring (bicyclic) bond motifs is 2. The van der Waals surface area contributed by atoms with Crippen LogP contribution in [0.5, 0.6) is 11.5 Å². The van der Waals surface area contributed by atoms with Crippen LogP contribution in [-0.2, 0) is 0 Å². The summed E-state index contributed by atoms with van der Waals surface area (Å²) >= 11 is 0. The number of amides is 1. The molecule has 3 heterocycles. The molecule has 0 saturated heterocycles. The molecule has 2 aliphatic rings. The van der Waals surface area contributed by atoms with Crippen molar-refractivity contribution in [3.63, 3.8) is 0 Å². The van der Waals surface area contributed by atoms with Gasteiger partial charge in [0.2, 0.25) is 6.79 Å². The molecule has 2 N–H and O–H groups in total. The third kappa shape index (κ3) is 2.44. The molecule has 5 rings (SSSR count). The zero-order valence-corrected chi connectivity index (χ0v) is 15.1. The second kappa shape index (κ2) is 5.81. The maximum atomic E-state index is 12.5. The van der Waals surface area contributed by atoms with Crippen LogP contribution in [0.4, 0.5) is 5.69 Å². The highest BCUT2D eigenvalue weighted by molar-refractivity contribution is 6.01. The first-order chi connectivity index (χ1) is 13.1. The van der Waals surface area contributed by atoms with Gasteiger partial charge in [-0.2, -0.15) is 0 Å². The van der Waals surface area contributed by atoms with Crippen molar-refractivity contribution in [2.75, 3.05) is 12.1 Å². The van der Waals surface area contributed by atoms with Crippen LogP contribution in [0.25, 0.3) is 5.69 Å². The smallest absolute Gasteiger partial charge is 0.255 e. The number of anilines is 1. The first-order valence-corrected chi connectivity index (χ1v) is 8.87. The lowest BCUT2D eigenvalue weighted by molar-refractivity contribution is 0.0935. The monoisotopic (exact) mass is 361 g/mol. The lowest BCUT2D eigenvalue weighted by Crippen LogP contribution is -2.38. The topological polar surface area (TPSA) is 64.5 Å². The van der Waals surface area contributed by atoms with E-state index in [0.717, 1.165) is 39.8 Å². The van der Waals surface area contributed by atoms with E-state index in [1.54, 1.807) is 0 Å². The van der Waals surface area contributed by atoms with Gasteiger partial charge in [0.05, 0.1) is 5.56 Å². The third-order valence-corrected chi connectivity index (χ3v) is 5.14. The summed E-state index contributed by atoms with van der Waals surface area (Å²) in [5.74, 6) is 1.45. The quantitative estimate of drug-likeness (QED) is 0.731. The van der Waals surface area contributed by atoms with E-state index in [1.807, 2.05) is 42.5 Å². The van der Waals surface area contributed by atoms with Gasteiger partial charge in [0.1, 0.15) is 6.17 Å². The molecular weight excluding hydrogens is 342 g/mol. The maximum absolute atomic E-state index is 12.5. The Labute approximate surface area is 156 Å². The fourth-order valence-electron chi connectivity index (χ4n) is 3.86. The summed E-state index contributed by atoms with van der Waals surface area (Å²) in [6, 6.07) is 15.6. The summed E-state index contributed by atoms with van der Waals surface area (Å²) in [6.45, 7) is 4.37. The SMILES string of the molecule is Cc1cc(C2NC(=O)c3ccccc3N2)c(C)n1-c1ccc2c(c1)OCO2. The summed E-state index contributed by atoms with van der Waals surface area (Å²) in [5.41, 5.74) is 5.69. The van der Waals surface area contributed by atoms with Crippen LogP contribution in [0.2, 0.25) is 0 Å². The Morgan fingerprint density at radius 3 is 2.70 bits per heavy atom. The Morgan fingerprint density at radius 2 is 1.81 bits per heavy atom. The molecule has 6 heteroatoms. The Kier molecular flexibility index (Phi) is 3.40. The minimum Gasteiger partial charge on any atom is -0.454 e. The summed E-state index contributed by atoms with van der Waals surface area (Å²) in [5, 5.41) is 6.48. The summed E-state index contributed by atoms with van der Waals surface area (Å²) in [7, 11) is 0. The van der Waals surface area contributed by atoms with E-state index >= 15 is 0 Å². The van der Waals surface area contributed by atoms with E-state index in [4.69, 9.17) is 9.47 Å². The lowest BCUT2D eigenvalue weighted by atomic mass is 10.1. The minimum absolute atomic E-state index is 0.0674. The van der Waals surface area contributed by atoms with Crippen LogP contribution >= 0.6 is 0 Å². The van der Waals surface area contributed by atoms with E-state index in [9.17, 15) is 4.79 Å². The number of para-hydroxylation sites is 1. The Balaban J connectivity index is 1.54. The van der Waals surface area contributed by atoms with Crippen molar-refractivity contribution in [1.29, 1.82) is 0 Å². The molecule has 2 aliphatic heterocycles. The Hall–Kier alpha value is -3.41. The highest BCUT2D eigenvalue weighted by Crippen LogP contribution is 2.36. The van der Waals surface area contributed by atoms with Gasteiger partial charge in [-0.25, -0.2) is 0 Å². The van der Waals surface area contributed by atoms with E-state index in [-0.39, 0.29) is 18.9 Å². The van der Waals surface area contributed by atoms with Crippen LogP contribution in [0.1, 0.15) is 33.5 Å². The van der Waals surface area contributed by atoms with E-state index in [0.29, 0.717) is 5.56 Å². The molecule has 1 unspecified atom stereocenters. The van der Waals surface area contributed by atoms with Crippen molar-refractivity contribution in [3.8, 4) is 17.2 Å². The number of hydrogen-bond donors (Lipinski definition) is 2. The predicted molar refractivity (Wildman–Crippen MR) is 102 cm³/mol. The van der Waals surface area contributed by atoms with Gasteiger partial charge in [0.15, 0.2) is 11.5 Å². The van der Waals surface area contributed by atoms with Gasteiger partial charge in [-0.1, -0.05) is 12.1 Å². The fourth-order valence-corrected chi connectivity index (χ4v) is 3.86. The van der Waals surface area contributed by atoms with Crippen LogP contribution in [0.15, 0.2) is 48.5 Å². The van der Waals surface area contributed by atoms with Crippen molar-refractivity contribution in [3.05, 3.63) is 71.0 Å². The second-order valence-corrected chi connectivity index (χ2v) is 6.80. The fraction of sp³-hybridized carbons (Fsp3) is 0.190. The molecule has 0 bridgehead atoms. The number of rotatable bonds is 2. The van der Waals surface area contributed by atoms with Crippen molar-refractivity contribution < 1.29 is 14.3 Å². The molecule has 136 valence electrons. The molecule has 1 aromatic heterocycles. The molecule has 0 radical (unpaired) electrons. The molecule has 6 nitrogen and oxygen atoms in total. The van der Waals surface area contributed by atoms with Gasteiger partial charge in [-0.3, -0.25) is 4.79 Å². The number of carbonyl (C=O) groups excluding carboxylic acids is 1. The first-order valence-electron chi connectivity index (χ1n) is 8.87. The van der Waals surface area contributed by atoms with Gasteiger partial charge in [0, 0.05) is 34.4 Å². The Morgan fingerprint density at radius 1 is 1.00 bits per heavy atom. The average molecular weight is 361 g/mol. The maximum Gasteiger partial charge on any atom is 0.255 e. The van der Waals surface area contributed by atoms with Crippen LogP contribution in [0, 0.1) is 13.8 Å². The number of aryl methyl sites for hydroxylation is 1. The molecule has 1 atom stereocenters. The first kappa shape index (κ1) is 15.8. The number of aromatic nitrogens is 1. The number of carbonyl (C=O) groups is 1. The normalized spacial score (nSPS) is 17.3. The molecule has 1 amide bonds. The molecule has 0 spiro atoms. The van der Waals surface area contributed by atoms with Crippen LogP contribution in [-0.4, -0.2) is 17.3 Å². The van der Waals surface area contributed by atoms with E-state index in [2.05, 4.69) is 35.1 Å². The number of nitrogens with one attached hydrogen (secondary N) is 2. The van der Waals surface area contributed by atoms with Gasteiger partial charge < -0.3 is 24.7 Å². The highest BCUT2D eigenvalue weighted by atomic mass is 16.7. The van der Waals surface area contributed by atoms with Gasteiger partial charge in [-0.05, 0) is 44.2 Å². The van der Waals surface area contributed by atoms with E-state index in [1.165, 1.54) is 0 Å².